The van der Waals surface area contributed by atoms with Crippen LogP contribution in [0.25, 0.3) is 0 Å². The van der Waals surface area contributed by atoms with Crippen molar-refractivity contribution in [2.75, 3.05) is 18.4 Å². The Bertz CT molecular complexity index is 816. The Morgan fingerprint density at radius 3 is 2.73 bits per heavy atom. The second-order valence-electron chi connectivity index (χ2n) is 7.00. The smallest absolute Gasteiger partial charge is 0.274 e. The van der Waals surface area contributed by atoms with Crippen LogP contribution in [0.1, 0.15) is 58.9 Å². The molecule has 0 bridgehead atoms. The Labute approximate surface area is 153 Å². The van der Waals surface area contributed by atoms with Crippen molar-refractivity contribution in [1.29, 1.82) is 0 Å². The normalized spacial score (nSPS) is 16.4. The number of carbonyl (C=O) groups excluding carboxylic acids is 1. The molecule has 1 amide bonds. The van der Waals surface area contributed by atoms with Crippen LogP contribution in [0.2, 0.25) is 0 Å². The van der Waals surface area contributed by atoms with Crippen LogP contribution in [0.5, 0.6) is 0 Å². The topological polar surface area (TPSA) is 83.9 Å². The molecule has 1 aliphatic carbocycles. The van der Waals surface area contributed by atoms with Crippen molar-refractivity contribution in [2.24, 2.45) is 0 Å². The van der Waals surface area contributed by atoms with Gasteiger partial charge in [0.15, 0.2) is 0 Å². The summed E-state index contributed by atoms with van der Waals surface area (Å²) in [5, 5.41) is 3.21. The van der Waals surface area contributed by atoms with Gasteiger partial charge < -0.3 is 10.2 Å². The van der Waals surface area contributed by atoms with E-state index >= 15 is 0 Å². The van der Waals surface area contributed by atoms with Gasteiger partial charge in [-0.3, -0.25) is 9.78 Å². The van der Waals surface area contributed by atoms with Crippen LogP contribution in [-0.4, -0.2) is 43.8 Å². The quantitative estimate of drug-likeness (QED) is 0.909. The number of aryl methyl sites for hydroxylation is 2. The van der Waals surface area contributed by atoms with Crippen molar-refractivity contribution in [3.63, 3.8) is 0 Å². The molecule has 1 fully saturated rings. The van der Waals surface area contributed by atoms with Crippen LogP contribution < -0.4 is 5.32 Å². The van der Waals surface area contributed by atoms with E-state index < -0.39 is 0 Å². The fraction of sp³-hybridized carbons (Fsp3) is 0.526. The van der Waals surface area contributed by atoms with Crippen LogP contribution >= 0.6 is 0 Å². The number of nitrogens with zero attached hydrogens (tertiary/aromatic N) is 5. The lowest BCUT2D eigenvalue weighted by atomic mass is 9.95. The number of anilines is 1. The minimum Gasteiger partial charge on any atom is -0.361 e. The lowest BCUT2D eigenvalue weighted by molar-refractivity contribution is 0.0786. The Kier molecular flexibility index (Phi) is 4.77. The predicted octanol–water partition coefficient (Wildman–Crippen LogP) is 2.30. The first-order valence-electron chi connectivity index (χ1n) is 9.41. The zero-order valence-corrected chi connectivity index (χ0v) is 15.2. The van der Waals surface area contributed by atoms with E-state index in [0.29, 0.717) is 18.1 Å². The predicted molar refractivity (Wildman–Crippen MR) is 97.9 cm³/mol. The van der Waals surface area contributed by atoms with Gasteiger partial charge in [0.1, 0.15) is 17.3 Å². The Balaban J connectivity index is 1.46. The van der Waals surface area contributed by atoms with Crippen LogP contribution in [0.4, 0.5) is 5.82 Å². The molecular weight excluding hydrogens is 328 g/mol. The number of aromatic nitrogens is 4. The largest absolute Gasteiger partial charge is 0.361 e. The first-order valence-corrected chi connectivity index (χ1v) is 9.41. The first kappa shape index (κ1) is 16.9. The van der Waals surface area contributed by atoms with E-state index in [-0.39, 0.29) is 5.91 Å². The molecule has 0 saturated carbocycles. The number of nitrogens with one attached hydrogen (secondary N) is 1. The molecule has 2 aliphatic rings. The van der Waals surface area contributed by atoms with E-state index in [0.717, 1.165) is 50.3 Å². The Hall–Kier alpha value is -2.57. The molecule has 1 saturated heterocycles. The molecule has 136 valence electrons. The Morgan fingerprint density at radius 2 is 1.88 bits per heavy atom. The maximum Gasteiger partial charge on any atom is 0.274 e. The van der Waals surface area contributed by atoms with Gasteiger partial charge in [0.2, 0.25) is 0 Å². The van der Waals surface area contributed by atoms with Crippen LogP contribution in [0.15, 0.2) is 12.4 Å². The number of carbonyl (C=O) groups is 1. The van der Waals surface area contributed by atoms with Crippen LogP contribution in [0.3, 0.4) is 0 Å². The third-order valence-corrected chi connectivity index (χ3v) is 5.11. The number of fused-ring (bicyclic) bond motifs is 1. The molecule has 4 rings (SSSR count). The average Bonchev–Trinajstić information content (AvgIpc) is 3.21. The second-order valence-corrected chi connectivity index (χ2v) is 7.00. The molecule has 26 heavy (non-hydrogen) atoms. The molecule has 1 aliphatic heterocycles. The van der Waals surface area contributed by atoms with Gasteiger partial charge in [0, 0.05) is 24.5 Å². The highest BCUT2D eigenvalue weighted by Crippen LogP contribution is 2.22. The van der Waals surface area contributed by atoms with E-state index in [1.54, 1.807) is 6.20 Å². The Morgan fingerprint density at radius 1 is 1.08 bits per heavy atom. The molecule has 1 N–H and O–H groups in total. The molecule has 7 heteroatoms. The van der Waals surface area contributed by atoms with Crippen molar-refractivity contribution in [3.8, 4) is 0 Å². The third-order valence-electron chi connectivity index (χ3n) is 5.11. The highest BCUT2D eigenvalue weighted by Gasteiger charge is 2.21. The summed E-state index contributed by atoms with van der Waals surface area (Å²) in [4.78, 5) is 32.2. The SMILES string of the molecule is Cc1nc(CNc2cncc(C(=O)N3CCCC3)n2)nc2c1CCCC2. The summed E-state index contributed by atoms with van der Waals surface area (Å²) in [6.45, 7) is 4.15. The highest BCUT2D eigenvalue weighted by atomic mass is 16.2. The maximum atomic E-state index is 12.4. The van der Waals surface area contributed by atoms with E-state index in [1.165, 1.54) is 30.3 Å². The number of hydrogen-bond donors (Lipinski definition) is 1. The molecule has 2 aromatic heterocycles. The zero-order valence-electron chi connectivity index (χ0n) is 15.2. The monoisotopic (exact) mass is 352 g/mol. The van der Waals surface area contributed by atoms with E-state index in [4.69, 9.17) is 4.98 Å². The van der Waals surface area contributed by atoms with Crippen molar-refractivity contribution >= 4 is 11.7 Å². The van der Waals surface area contributed by atoms with Crippen molar-refractivity contribution in [2.45, 2.75) is 52.0 Å². The van der Waals surface area contributed by atoms with E-state index in [2.05, 4.69) is 27.2 Å². The van der Waals surface area contributed by atoms with Gasteiger partial charge in [-0.1, -0.05) is 0 Å². The molecular formula is C19H24N6O. The molecule has 0 atom stereocenters. The molecule has 0 aromatic carbocycles. The minimum atomic E-state index is -0.0421. The molecule has 0 radical (unpaired) electrons. The first-order chi connectivity index (χ1) is 12.7. The summed E-state index contributed by atoms with van der Waals surface area (Å²) in [7, 11) is 0. The molecule has 0 spiro atoms. The number of rotatable bonds is 4. The standard InChI is InChI=1S/C19H24N6O/c1-13-14-6-2-3-7-15(14)23-18(22-13)12-21-17-11-20-10-16(24-17)19(26)25-8-4-5-9-25/h10-11H,2-9,12H2,1H3,(H,21,24). The molecule has 3 heterocycles. The number of hydrogen-bond acceptors (Lipinski definition) is 6. The van der Waals surface area contributed by atoms with E-state index in [1.807, 2.05) is 4.90 Å². The summed E-state index contributed by atoms with van der Waals surface area (Å²) >= 11 is 0. The highest BCUT2D eigenvalue weighted by molar-refractivity contribution is 5.92. The summed E-state index contributed by atoms with van der Waals surface area (Å²) in [5.41, 5.74) is 3.97. The van der Waals surface area contributed by atoms with Gasteiger partial charge in [-0.2, -0.15) is 0 Å². The van der Waals surface area contributed by atoms with Crippen molar-refractivity contribution in [3.05, 3.63) is 40.9 Å². The van der Waals surface area contributed by atoms with E-state index in [9.17, 15) is 4.79 Å². The average molecular weight is 352 g/mol. The van der Waals surface area contributed by atoms with Gasteiger partial charge in [-0.05, 0) is 51.0 Å². The lowest BCUT2D eigenvalue weighted by Gasteiger charge is -2.18. The van der Waals surface area contributed by atoms with Crippen LogP contribution in [-0.2, 0) is 19.4 Å². The number of amides is 1. The molecule has 0 unspecified atom stereocenters. The summed E-state index contributed by atoms with van der Waals surface area (Å²) in [6, 6.07) is 0. The van der Waals surface area contributed by atoms with Crippen LogP contribution in [0, 0.1) is 6.92 Å². The summed E-state index contributed by atoms with van der Waals surface area (Å²) in [5.74, 6) is 1.30. The number of likely N-dealkylation sites (tertiary alicyclic amines) is 1. The van der Waals surface area contributed by atoms with Gasteiger partial charge in [-0.15, -0.1) is 0 Å². The molecule has 7 nitrogen and oxygen atoms in total. The van der Waals surface area contributed by atoms with Gasteiger partial charge in [0.05, 0.1) is 18.9 Å². The van der Waals surface area contributed by atoms with Crippen molar-refractivity contribution in [1.82, 2.24) is 24.8 Å². The summed E-state index contributed by atoms with van der Waals surface area (Å²) < 4.78 is 0. The van der Waals surface area contributed by atoms with Crippen molar-refractivity contribution < 1.29 is 4.79 Å². The fourth-order valence-corrected chi connectivity index (χ4v) is 3.73. The van der Waals surface area contributed by atoms with Gasteiger partial charge in [-0.25, -0.2) is 15.0 Å². The molecule has 2 aromatic rings. The fourth-order valence-electron chi connectivity index (χ4n) is 3.73. The zero-order chi connectivity index (χ0) is 17.9. The van der Waals surface area contributed by atoms with Gasteiger partial charge >= 0.3 is 0 Å². The maximum absolute atomic E-state index is 12.4. The minimum absolute atomic E-state index is 0.0421. The lowest BCUT2D eigenvalue weighted by Crippen LogP contribution is -2.28. The summed E-state index contributed by atoms with van der Waals surface area (Å²) in [6.07, 6.45) is 9.83. The third kappa shape index (κ3) is 3.52. The second kappa shape index (κ2) is 7.35. The van der Waals surface area contributed by atoms with Gasteiger partial charge in [0.25, 0.3) is 5.91 Å².